The average molecular weight is 380 g/mol. The fraction of sp³-hybridized carbons (Fsp3) is 0.389. The molecule has 2 aromatic heterocycles. The summed E-state index contributed by atoms with van der Waals surface area (Å²) in [5.41, 5.74) is 0.592. The molecule has 0 aliphatic carbocycles. The van der Waals surface area contributed by atoms with Crippen LogP contribution in [0.25, 0.3) is 11.0 Å². The van der Waals surface area contributed by atoms with E-state index in [1.807, 2.05) is 0 Å². The lowest BCUT2D eigenvalue weighted by Crippen LogP contribution is -2.18. The Bertz CT molecular complexity index is 1020. The first-order valence-corrected chi connectivity index (χ1v) is 8.40. The zero-order valence-electron chi connectivity index (χ0n) is 15.0. The number of aliphatic hydroxyl groups excluding tert-OH is 1. The third kappa shape index (κ3) is 3.46. The zero-order chi connectivity index (χ0) is 19.9. The van der Waals surface area contributed by atoms with E-state index in [9.17, 15) is 23.1 Å². The number of nitrogens with zero attached hydrogens (tertiary/aromatic N) is 3. The van der Waals surface area contributed by atoms with Crippen molar-refractivity contribution in [3.63, 3.8) is 0 Å². The highest BCUT2D eigenvalue weighted by molar-refractivity contribution is 5.78. The maximum Gasteiger partial charge on any atom is 0.416 e. The lowest BCUT2D eigenvalue weighted by atomic mass is 9.96. The van der Waals surface area contributed by atoms with Gasteiger partial charge in [0.15, 0.2) is 5.52 Å². The molecule has 6 nitrogen and oxygen atoms in total. The molecule has 9 heteroatoms. The van der Waals surface area contributed by atoms with Gasteiger partial charge in [0, 0.05) is 5.92 Å². The Hall–Kier alpha value is -2.68. The van der Waals surface area contributed by atoms with E-state index < -0.39 is 23.7 Å². The number of hydrogen-bond donors (Lipinski definition) is 2. The zero-order valence-corrected chi connectivity index (χ0v) is 15.0. The summed E-state index contributed by atoms with van der Waals surface area (Å²) in [5, 5.41) is 13.9. The molecule has 144 valence electrons. The lowest BCUT2D eigenvalue weighted by molar-refractivity contribution is -0.137. The van der Waals surface area contributed by atoms with Gasteiger partial charge in [-0.05, 0) is 31.5 Å². The summed E-state index contributed by atoms with van der Waals surface area (Å²) in [5.74, 6) is 0.0141. The molecule has 1 aromatic carbocycles. The fourth-order valence-electron chi connectivity index (χ4n) is 2.99. The summed E-state index contributed by atoms with van der Waals surface area (Å²) in [7, 11) is 0. The Balaban J connectivity index is 2.14. The minimum atomic E-state index is -4.40. The molecule has 0 saturated carbocycles. The van der Waals surface area contributed by atoms with Crippen LogP contribution in [0.5, 0.6) is 0 Å². The highest BCUT2D eigenvalue weighted by atomic mass is 19.4. The van der Waals surface area contributed by atoms with Gasteiger partial charge in [-0.2, -0.15) is 18.3 Å². The van der Waals surface area contributed by atoms with Crippen molar-refractivity contribution < 1.29 is 18.3 Å². The molecule has 0 aliphatic heterocycles. The number of halogens is 3. The summed E-state index contributed by atoms with van der Waals surface area (Å²) >= 11 is 0. The van der Waals surface area contributed by atoms with Crippen LogP contribution in [0.15, 0.2) is 29.1 Å². The molecule has 2 N–H and O–H groups in total. The second kappa shape index (κ2) is 6.80. The number of nitrogens with one attached hydrogen (secondary N) is 1. The van der Waals surface area contributed by atoms with E-state index in [1.54, 1.807) is 20.8 Å². The standard InChI is InChI=1S/C18H19F3N4O2/c1-9(8-26)25-16-15(22-11(3)23-17(16)27)14(24-25)10(2)12-4-6-13(7-5-12)18(19,20)21/h4-7,9-10,26H,8H2,1-3H3,(H,22,23,27). The van der Waals surface area contributed by atoms with Gasteiger partial charge in [0.1, 0.15) is 11.3 Å². The number of alkyl halides is 3. The lowest BCUT2D eigenvalue weighted by Gasteiger charge is -2.12. The second-order valence-electron chi connectivity index (χ2n) is 6.55. The molecule has 0 spiro atoms. The van der Waals surface area contributed by atoms with Crippen molar-refractivity contribution in [3.8, 4) is 0 Å². The normalized spacial score (nSPS) is 14.5. The SMILES string of the molecule is Cc1nc2c(C(C)c3ccc(C(F)(F)F)cc3)nn(C(C)CO)c2c(=O)[nH]1. The van der Waals surface area contributed by atoms with Crippen LogP contribution in [0.3, 0.4) is 0 Å². The van der Waals surface area contributed by atoms with Crippen molar-refractivity contribution in [2.75, 3.05) is 6.61 Å². The molecule has 2 atom stereocenters. The van der Waals surface area contributed by atoms with Gasteiger partial charge in [-0.1, -0.05) is 19.1 Å². The highest BCUT2D eigenvalue weighted by Crippen LogP contribution is 2.33. The molecule has 3 aromatic rings. The third-order valence-electron chi connectivity index (χ3n) is 4.53. The monoisotopic (exact) mass is 380 g/mol. The number of rotatable bonds is 4. The molecular formula is C18H19F3N4O2. The van der Waals surface area contributed by atoms with Crippen molar-refractivity contribution in [3.05, 3.63) is 57.3 Å². The fourth-order valence-corrected chi connectivity index (χ4v) is 2.99. The summed E-state index contributed by atoms with van der Waals surface area (Å²) in [6.07, 6.45) is -4.40. The summed E-state index contributed by atoms with van der Waals surface area (Å²) in [6.45, 7) is 4.91. The number of H-pyrrole nitrogens is 1. The largest absolute Gasteiger partial charge is 0.416 e. The van der Waals surface area contributed by atoms with Gasteiger partial charge in [-0.25, -0.2) is 4.98 Å². The van der Waals surface area contributed by atoms with E-state index in [2.05, 4.69) is 15.1 Å². The van der Waals surface area contributed by atoms with Crippen molar-refractivity contribution in [2.45, 2.75) is 38.9 Å². The maximum atomic E-state index is 12.8. The van der Waals surface area contributed by atoms with E-state index in [-0.39, 0.29) is 17.7 Å². The summed E-state index contributed by atoms with van der Waals surface area (Å²) in [4.78, 5) is 19.4. The van der Waals surface area contributed by atoms with Gasteiger partial charge >= 0.3 is 6.18 Å². The Morgan fingerprint density at radius 2 is 1.85 bits per heavy atom. The molecule has 2 heterocycles. The van der Waals surface area contributed by atoms with Crippen LogP contribution >= 0.6 is 0 Å². The minimum Gasteiger partial charge on any atom is -0.394 e. The van der Waals surface area contributed by atoms with E-state index in [0.717, 1.165) is 12.1 Å². The van der Waals surface area contributed by atoms with Crippen LogP contribution in [0.2, 0.25) is 0 Å². The Kier molecular flexibility index (Phi) is 4.81. The Morgan fingerprint density at radius 3 is 2.41 bits per heavy atom. The van der Waals surface area contributed by atoms with Crippen LogP contribution in [-0.4, -0.2) is 31.5 Å². The van der Waals surface area contributed by atoms with Gasteiger partial charge in [-0.3, -0.25) is 9.48 Å². The van der Waals surface area contributed by atoms with Gasteiger partial charge in [0.2, 0.25) is 0 Å². The number of aryl methyl sites for hydroxylation is 1. The van der Waals surface area contributed by atoms with E-state index >= 15 is 0 Å². The number of benzene rings is 1. The van der Waals surface area contributed by atoms with Crippen molar-refractivity contribution >= 4 is 11.0 Å². The highest BCUT2D eigenvalue weighted by Gasteiger charge is 2.30. The predicted molar refractivity (Wildman–Crippen MR) is 93.6 cm³/mol. The molecule has 0 bridgehead atoms. The van der Waals surface area contributed by atoms with Crippen molar-refractivity contribution in [1.29, 1.82) is 0 Å². The molecule has 2 unspecified atom stereocenters. The van der Waals surface area contributed by atoms with Crippen molar-refractivity contribution in [1.82, 2.24) is 19.7 Å². The van der Waals surface area contributed by atoms with Crippen LogP contribution < -0.4 is 5.56 Å². The molecule has 27 heavy (non-hydrogen) atoms. The number of aromatic amines is 1. The molecule has 0 saturated heterocycles. The van der Waals surface area contributed by atoms with Gasteiger partial charge < -0.3 is 10.1 Å². The first-order valence-electron chi connectivity index (χ1n) is 8.40. The summed E-state index contributed by atoms with van der Waals surface area (Å²) in [6, 6.07) is 4.38. The van der Waals surface area contributed by atoms with E-state index in [1.165, 1.54) is 16.8 Å². The topological polar surface area (TPSA) is 83.8 Å². The van der Waals surface area contributed by atoms with E-state index in [0.29, 0.717) is 22.6 Å². The number of hydrogen-bond acceptors (Lipinski definition) is 4. The molecular weight excluding hydrogens is 361 g/mol. The predicted octanol–water partition coefficient (Wildman–Crippen LogP) is 3.15. The van der Waals surface area contributed by atoms with Gasteiger partial charge in [-0.15, -0.1) is 0 Å². The average Bonchev–Trinajstić information content (AvgIpc) is 2.99. The minimum absolute atomic E-state index is 0.224. The molecule has 0 fully saturated rings. The first kappa shape index (κ1) is 19.1. The van der Waals surface area contributed by atoms with E-state index in [4.69, 9.17) is 0 Å². The Morgan fingerprint density at radius 1 is 1.22 bits per heavy atom. The van der Waals surface area contributed by atoms with Crippen LogP contribution in [0.1, 0.15) is 48.5 Å². The molecule has 0 radical (unpaired) electrons. The third-order valence-corrected chi connectivity index (χ3v) is 4.53. The molecule has 0 aliphatic rings. The molecule has 0 amide bonds. The number of fused-ring (bicyclic) bond motifs is 1. The van der Waals surface area contributed by atoms with Crippen molar-refractivity contribution in [2.24, 2.45) is 0 Å². The van der Waals surface area contributed by atoms with Crippen LogP contribution in [-0.2, 0) is 6.18 Å². The molecule has 3 rings (SSSR count). The van der Waals surface area contributed by atoms with Crippen LogP contribution in [0, 0.1) is 6.92 Å². The summed E-state index contributed by atoms with van der Waals surface area (Å²) < 4.78 is 39.8. The maximum absolute atomic E-state index is 12.8. The Labute approximate surface area is 152 Å². The van der Waals surface area contributed by atoms with Crippen LogP contribution in [0.4, 0.5) is 13.2 Å². The first-order chi connectivity index (χ1) is 12.6. The second-order valence-corrected chi connectivity index (χ2v) is 6.55. The quantitative estimate of drug-likeness (QED) is 0.728. The van der Waals surface area contributed by atoms with Gasteiger partial charge in [0.05, 0.1) is 23.9 Å². The van der Waals surface area contributed by atoms with Gasteiger partial charge in [0.25, 0.3) is 5.56 Å². The number of aliphatic hydroxyl groups is 1. The smallest absolute Gasteiger partial charge is 0.394 e. The number of aromatic nitrogens is 4.